The SMILES string of the molecule is CC(C)[C@H]1CC[C@H](C)C[C@H]1OC(=O)CSc1nnnn1-c1ccc(Cl)cc1. The molecule has 146 valence electrons. The molecule has 1 heterocycles. The van der Waals surface area contributed by atoms with Gasteiger partial charge in [0.05, 0.1) is 11.4 Å². The Balaban J connectivity index is 1.59. The van der Waals surface area contributed by atoms with Crippen LogP contribution in [0.2, 0.25) is 5.02 Å². The lowest BCUT2D eigenvalue weighted by atomic mass is 9.75. The van der Waals surface area contributed by atoms with E-state index < -0.39 is 0 Å². The van der Waals surface area contributed by atoms with Gasteiger partial charge in [-0.1, -0.05) is 50.6 Å². The van der Waals surface area contributed by atoms with Gasteiger partial charge in [-0.25, -0.2) is 0 Å². The van der Waals surface area contributed by atoms with Gasteiger partial charge in [0, 0.05) is 5.02 Å². The third-order valence-electron chi connectivity index (χ3n) is 5.08. The molecule has 0 bridgehead atoms. The van der Waals surface area contributed by atoms with Crippen LogP contribution in [-0.2, 0) is 9.53 Å². The van der Waals surface area contributed by atoms with Crippen LogP contribution in [0, 0.1) is 17.8 Å². The minimum Gasteiger partial charge on any atom is -0.461 e. The van der Waals surface area contributed by atoms with Gasteiger partial charge >= 0.3 is 5.97 Å². The maximum absolute atomic E-state index is 12.4. The number of ether oxygens (including phenoxy) is 1. The number of hydrogen-bond acceptors (Lipinski definition) is 6. The molecule has 3 rings (SSSR count). The zero-order valence-corrected chi connectivity index (χ0v) is 17.4. The number of aromatic nitrogens is 4. The highest BCUT2D eigenvalue weighted by atomic mass is 35.5. The van der Waals surface area contributed by atoms with Crippen LogP contribution >= 0.6 is 23.4 Å². The Bertz CT molecular complexity index is 765. The summed E-state index contributed by atoms with van der Waals surface area (Å²) in [7, 11) is 0. The molecule has 0 N–H and O–H groups in total. The molecule has 1 aliphatic rings. The van der Waals surface area contributed by atoms with Crippen molar-refractivity contribution in [3.05, 3.63) is 29.3 Å². The fourth-order valence-electron chi connectivity index (χ4n) is 3.59. The van der Waals surface area contributed by atoms with Gasteiger partial charge in [-0.3, -0.25) is 4.79 Å². The second kappa shape index (κ2) is 9.06. The minimum atomic E-state index is -0.213. The monoisotopic (exact) mass is 408 g/mol. The summed E-state index contributed by atoms with van der Waals surface area (Å²) >= 11 is 7.20. The number of carbonyl (C=O) groups is 1. The molecule has 8 heteroatoms. The van der Waals surface area contributed by atoms with Crippen LogP contribution in [0.5, 0.6) is 0 Å². The van der Waals surface area contributed by atoms with Crippen molar-refractivity contribution in [2.75, 3.05) is 5.75 Å². The summed E-state index contributed by atoms with van der Waals surface area (Å²) in [5, 5.41) is 12.9. The quantitative estimate of drug-likeness (QED) is 0.520. The average molecular weight is 409 g/mol. The first-order valence-corrected chi connectivity index (χ1v) is 10.7. The lowest BCUT2D eigenvalue weighted by molar-refractivity contribution is -0.152. The summed E-state index contributed by atoms with van der Waals surface area (Å²) in [4.78, 5) is 12.4. The molecule has 0 amide bonds. The summed E-state index contributed by atoms with van der Waals surface area (Å²) in [5.74, 6) is 1.52. The van der Waals surface area contributed by atoms with E-state index >= 15 is 0 Å². The molecule has 1 aromatic heterocycles. The molecule has 1 aliphatic carbocycles. The summed E-state index contributed by atoms with van der Waals surface area (Å²) in [6.07, 6.45) is 3.29. The standard InChI is InChI=1S/C19H25ClN4O2S/c1-12(2)16-9-4-13(3)10-17(16)26-18(25)11-27-19-21-22-23-24(19)15-7-5-14(20)6-8-15/h5-8,12-13,16-17H,4,9-11H2,1-3H3/t13-,16+,17+/m0/s1. The molecule has 3 atom stereocenters. The zero-order valence-electron chi connectivity index (χ0n) is 15.8. The molecule has 2 aromatic rings. The van der Waals surface area contributed by atoms with Crippen LogP contribution < -0.4 is 0 Å². The molecule has 6 nitrogen and oxygen atoms in total. The molecule has 0 radical (unpaired) electrons. The number of esters is 1. The van der Waals surface area contributed by atoms with E-state index in [0.717, 1.165) is 18.5 Å². The fourth-order valence-corrected chi connectivity index (χ4v) is 4.39. The largest absolute Gasteiger partial charge is 0.461 e. The van der Waals surface area contributed by atoms with E-state index in [4.69, 9.17) is 16.3 Å². The van der Waals surface area contributed by atoms with Gasteiger partial charge in [-0.2, -0.15) is 4.68 Å². The van der Waals surface area contributed by atoms with Crippen LogP contribution in [0.3, 0.4) is 0 Å². The third kappa shape index (κ3) is 5.23. The van der Waals surface area contributed by atoms with E-state index in [1.54, 1.807) is 16.8 Å². The lowest BCUT2D eigenvalue weighted by Gasteiger charge is -2.36. The first-order chi connectivity index (χ1) is 12.9. The van der Waals surface area contributed by atoms with Gasteiger partial charge in [0.15, 0.2) is 0 Å². The summed E-state index contributed by atoms with van der Waals surface area (Å²) in [5.41, 5.74) is 0.793. The predicted octanol–water partition coefficient (Wildman–Crippen LogP) is 4.41. The number of tetrazole rings is 1. The van der Waals surface area contributed by atoms with Crippen molar-refractivity contribution in [1.82, 2.24) is 20.2 Å². The van der Waals surface area contributed by atoms with Gasteiger partial charge in [0.25, 0.3) is 0 Å². The van der Waals surface area contributed by atoms with Crippen molar-refractivity contribution < 1.29 is 9.53 Å². The normalized spacial score (nSPS) is 22.8. The fraction of sp³-hybridized carbons (Fsp3) is 0.579. The van der Waals surface area contributed by atoms with E-state index in [1.165, 1.54) is 18.2 Å². The first-order valence-electron chi connectivity index (χ1n) is 9.30. The van der Waals surface area contributed by atoms with E-state index in [1.807, 2.05) is 12.1 Å². The summed E-state index contributed by atoms with van der Waals surface area (Å²) in [6, 6.07) is 7.21. The van der Waals surface area contributed by atoms with Crippen LogP contribution in [0.4, 0.5) is 0 Å². The van der Waals surface area contributed by atoms with E-state index in [0.29, 0.717) is 27.9 Å². The van der Waals surface area contributed by atoms with Crippen LogP contribution in [0.1, 0.15) is 40.0 Å². The van der Waals surface area contributed by atoms with E-state index in [9.17, 15) is 4.79 Å². The van der Waals surface area contributed by atoms with Crippen LogP contribution in [0.15, 0.2) is 29.4 Å². The number of rotatable bonds is 6. The summed E-state index contributed by atoms with van der Waals surface area (Å²) in [6.45, 7) is 6.64. The molecule has 0 unspecified atom stereocenters. The van der Waals surface area contributed by atoms with Crippen LogP contribution in [-0.4, -0.2) is 38.0 Å². The van der Waals surface area contributed by atoms with Crippen molar-refractivity contribution in [2.24, 2.45) is 17.8 Å². The first kappa shape index (κ1) is 20.1. The number of benzene rings is 1. The highest BCUT2D eigenvalue weighted by Gasteiger charge is 2.33. The van der Waals surface area contributed by atoms with Gasteiger partial charge in [0.2, 0.25) is 5.16 Å². The number of thioether (sulfide) groups is 1. The Morgan fingerprint density at radius 2 is 2.07 bits per heavy atom. The Hall–Kier alpha value is -1.60. The Morgan fingerprint density at radius 3 is 2.78 bits per heavy atom. The van der Waals surface area contributed by atoms with Crippen molar-refractivity contribution in [3.63, 3.8) is 0 Å². The molecule has 0 aliphatic heterocycles. The molecular formula is C19H25ClN4O2S. The second-order valence-electron chi connectivity index (χ2n) is 7.49. The zero-order chi connectivity index (χ0) is 19.4. The number of halogens is 1. The van der Waals surface area contributed by atoms with Gasteiger partial charge < -0.3 is 4.74 Å². The van der Waals surface area contributed by atoms with Crippen molar-refractivity contribution in [2.45, 2.75) is 51.3 Å². The highest BCUT2D eigenvalue weighted by Crippen LogP contribution is 2.35. The lowest BCUT2D eigenvalue weighted by Crippen LogP contribution is -2.36. The minimum absolute atomic E-state index is 0.00844. The molecule has 1 aromatic carbocycles. The van der Waals surface area contributed by atoms with Gasteiger partial charge in [-0.05, 0) is 65.3 Å². The molecule has 0 spiro atoms. The molecule has 1 saturated carbocycles. The van der Waals surface area contributed by atoms with E-state index in [2.05, 4.69) is 36.3 Å². The maximum Gasteiger partial charge on any atom is 0.316 e. The van der Waals surface area contributed by atoms with Crippen molar-refractivity contribution in [1.29, 1.82) is 0 Å². The van der Waals surface area contributed by atoms with Crippen molar-refractivity contribution >= 4 is 29.3 Å². The smallest absolute Gasteiger partial charge is 0.316 e. The molecule has 1 fully saturated rings. The van der Waals surface area contributed by atoms with Gasteiger partial charge in [0.1, 0.15) is 6.10 Å². The highest BCUT2D eigenvalue weighted by molar-refractivity contribution is 7.99. The molecule has 0 saturated heterocycles. The molecular weight excluding hydrogens is 384 g/mol. The van der Waals surface area contributed by atoms with Gasteiger partial charge in [-0.15, -0.1) is 5.10 Å². The number of hydrogen-bond donors (Lipinski definition) is 0. The Kier molecular flexibility index (Phi) is 6.76. The second-order valence-corrected chi connectivity index (χ2v) is 8.87. The van der Waals surface area contributed by atoms with Crippen LogP contribution in [0.25, 0.3) is 5.69 Å². The van der Waals surface area contributed by atoms with E-state index in [-0.39, 0.29) is 17.8 Å². The topological polar surface area (TPSA) is 69.9 Å². The number of carbonyl (C=O) groups excluding carboxylic acids is 1. The number of nitrogens with zero attached hydrogens (tertiary/aromatic N) is 4. The third-order valence-corrected chi connectivity index (χ3v) is 6.22. The molecule has 27 heavy (non-hydrogen) atoms. The average Bonchev–Trinajstić information content (AvgIpc) is 3.09. The summed E-state index contributed by atoms with van der Waals surface area (Å²) < 4.78 is 7.43. The maximum atomic E-state index is 12.4. The predicted molar refractivity (Wildman–Crippen MR) is 106 cm³/mol. The Labute approximate surface area is 169 Å². The van der Waals surface area contributed by atoms with Crippen molar-refractivity contribution in [3.8, 4) is 5.69 Å². The Morgan fingerprint density at radius 1 is 1.33 bits per heavy atom.